The van der Waals surface area contributed by atoms with Crippen LogP contribution < -0.4 is 0 Å². The number of piperidine rings is 1. The molecule has 0 N–H and O–H groups in total. The van der Waals surface area contributed by atoms with Crippen molar-refractivity contribution in [2.45, 2.75) is 45.2 Å². The molecule has 5 nitrogen and oxygen atoms in total. The zero-order chi connectivity index (χ0) is 24.4. The van der Waals surface area contributed by atoms with E-state index in [0.29, 0.717) is 22.3 Å². The minimum atomic E-state index is -0.0500. The standard InChI is InChI=1S/C28H29N3O2S2/c1-20-9-7-8-15-30(20)26(32)19-29-18-22(23-12-5-6-13-24(23)29)17-25-27(33)31(28(34)35-25)16-14-21-10-3-2-4-11-21/h2-6,10-13,17-18,20H,7-9,14-16,19H2,1H3/b25-17-/t20-/m0/s1. The highest BCUT2D eigenvalue weighted by Gasteiger charge is 2.32. The Balaban J connectivity index is 1.37. The van der Waals surface area contributed by atoms with Crippen LogP contribution in [0.3, 0.4) is 0 Å². The van der Waals surface area contributed by atoms with E-state index < -0.39 is 0 Å². The number of amides is 2. The summed E-state index contributed by atoms with van der Waals surface area (Å²) < 4.78 is 2.61. The van der Waals surface area contributed by atoms with Crippen LogP contribution in [0.25, 0.3) is 17.0 Å². The van der Waals surface area contributed by atoms with E-state index in [9.17, 15) is 9.59 Å². The number of likely N-dealkylation sites (tertiary alicyclic amines) is 1. The van der Waals surface area contributed by atoms with Crippen LogP contribution in [0, 0.1) is 0 Å². The van der Waals surface area contributed by atoms with E-state index in [4.69, 9.17) is 12.2 Å². The number of rotatable bonds is 6. The lowest BCUT2D eigenvalue weighted by Gasteiger charge is -2.33. The predicted molar refractivity (Wildman–Crippen MR) is 147 cm³/mol. The Bertz CT molecular complexity index is 1300. The molecule has 3 aromatic rings. The Morgan fingerprint density at radius 1 is 1.11 bits per heavy atom. The van der Waals surface area contributed by atoms with Crippen LogP contribution in [0.2, 0.25) is 0 Å². The molecule has 5 rings (SSSR count). The fourth-order valence-corrected chi connectivity index (χ4v) is 6.25. The zero-order valence-corrected chi connectivity index (χ0v) is 21.5. The highest BCUT2D eigenvalue weighted by molar-refractivity contribution is 8.26. The molecular weight excluding hydrogens is 474 g/mol. The van der Waals surface area contributed by atoms with E-state index in [2.05, 4.69) is 19.1 Å². The molecule has 35 heavy (non-hydrogen) atoms. The van der Waals surface area contributed by atoms with Gasteiger partial charge in [0.05, 0.1) is 4.91 Å². The van der Waals surface area contributed by atoms with Crippen LogP contribution in [0.4, 0.5) is 0 Å². The van der Waals surface area contributed by atoms with Crippen molar-refractivity contribution in [3.05, 3.63) is 76.8 Å². The van der Waals surface area contributed by atoms with Crippen LogP contribution >= 0.6 is 24.0 Å². The summed E-state index contributed by atoms with van der Waals surface area (Å²) in [6.45, 7) is 3.83. The van der Waals surface area contributed by atoms with Crippen LogP contribution in [0.5, 0.6) is 0 Å². The first kappa shape index (κ1) is 23.8. The van der Waals surface area contributed by atoms with Gasteiger partial charge in [-0.15, -0.1) is 0 Å². The average molecular weight is 504 g/mol. The first-order valence-corrected chi connectivity index (χ1v) is 13.4. The maximum absolute atomic E-state index is 13.2. The van der Waals surface area contributed by atoms with Crippen molar-refractivity contribution in [1.82, 2.24) is 14.4 Å². The number of para-hydroxylation sites is 1. The van der Waals surface area contributed by atoms with Crippen LogP contribution in [0.15, 0.2) is 65.7 Å². The molecule has 180 valence electrons. The summed E-state index contributed by atoms with van der Waals surface area (Å²) in [4.78, 5) is 30.6. The Morgan fingerprint density at radius 2 is 1.89 bits per heavy atom. The normalized spacial score (nSPS) is 19.8. The third kappa shape index (κ3) is 5.07. The monoisotopic (exact) mass is 503 g/mol. The van der Waals surface area contributed by atoms with E-state index >= 15 is 0 Å². The second kappa shape index (κ2) is 10.4. The topological polar surface area (TPSA) is 45.6 Å². The molecule has 0 saturated carbocycles. The Labute approximate surface area is 215 Å². The molecule has 2 aliphatic heterocycles. The van der Waals surface area contributed by atoms with Crippen LogP contribution in [-0.2, 0) is 22.6 Å². The molecule has 1 atom stereocenters. The summed E-state index contributed by atoms with van der Waals surface area (Å²) in [6, 6.07) is 18.5. The van der Waals surface area contributed by atoms with Gasteiger partial charge in [-0.05, 0) is 50.3 Å². The molecule has 2 saturated heterocycles. The van der Waals surface area contributed by atoms with Gasteiger partial charge in [-0.1, -0.05) is 72.5 Å². The molecular formula is C28H29N3O2S2. The maximum Gasteiger partial charge on any atom is 0.266 e. The van der Waals surface area contributed by atoms with Gasteiger partial charge in [0, 0.05) is 41.8 Å². The fourth-order valence-electron chi connectivity index (χ4n) is 4.95. The van der Waals surface area contributed by atoms with Crippen molar-refractivity contribution in [3.63, 3.8) is 0 Å². The van der Waals surface area contributed by atoms with Crippen molar-refractivity contribution in [2.24, 2.45) is 0 Å². The highest BCUT2D eigenvalue weighted by atomic mass is 32.2. The van der Waals surface area contributed by atoms with Crippen LogP contribution in [0.1, 0.15) is 37.3 Å². The molecule has 3 heterocycles. The molecule has 0 radical (unpaired) electrons. The third-order valence-electron chi connectivity index (χ3n) is 6.88. The number of nitrogens with zero attached hydrogens (tertiary/aromatic N) is 3. The van der Waals surface area contributed by atoms with E-state index in [1.165, 1.54) is 23.7 Å². The Morgan fingerprint density at radius 3 is 2.69 bits per heavy atom. The van der Waals surface area contributed by atoms with Crippen molar-refractivity contribution >= 4 is 57.1 Å². The first-order valence-electron chi connectivity index (χ1n) is 12.2. The van der Waals surface area contributed by atoms with Crippen molar-refractivity contribution in [1.29, 1.82) is 0 Å². The Hall–Kier alpha value is -2.90. The molecule has 2 amide bonds. The molecule has 0 spiro atoms. The van der Waals surface area contributed by atoms with Gasteiger partial charge in [0.1, 0.15) is 10.9 Å². The van der Waals surface area contributed by atoms with Gasteiger partial charge in [-0.3, -0.25) is 14.5 Å². The second-order valence-corrected chi connectivity index (χ2v) is 10.9. The van der Waals surface area contributed by atoms with Crippen LogP contribution in [-0.4, -0.2) is 49.6 Å². The van der Waals surface area contributed by atoms with Crippen molar-refractivity contribution in [3.8, 4) is 0 Å². The number of benzene rings is 2. The molecule has 1 aromatic heterocycles. The highest BCUT2D eigenvalue weighted by Crippen LogP contribution is 2.34. The summed E-state index contributed by atoms with van der Waals surface area (Å²) in [7, 11) is 0. The molecule has 0 bridgehead atoms. The average Bonchev–Trinajstić information content (AvgIpc) is 3.34. The number of hydrogen-bond donors (Lipinski definition) is 0. The SMILES string of the molecule is C[C@H]1CCCCN1C(=O)Cn1cc(/C=C2\SC(=S)N(CCc3ccccc3)C2=O)c2ccccc21. The van der Waals surface area contributed by atoms with Gasteiger partial charge in [-0.2, -0.15) is 0 Å². The van der Waals surface area contributed by atoms with Crippen molar-refractivity contribution < 1.29 is 9.59 Å². The molecule has 7 heteroatoms. The number of carbonyl (C=O) groups excluding carboxylic acids is 2. The number of thioether (sulfide) groups is 1. The van der Waals surface area contributed by atoms with E-state index in [1.54, 1.807) is 4.90 Å². The van der Waals surface area contributed by atoms with E-state index in [-0.39, 0.29) is 17.9 Å². The number of carbonyl (C=O) groups is 2. The largest absolute Gasteiger partial charge is 0.338 e. The van der Waals surface area contributed by atoms with Gasteiger partial charge in [0.25, 0.3) is 5.91 Å². The van der Waals surface area contributed by atoms with Gasteiger partial charge in [0.2, 0.25) is 5.91 Å². The molecule has 2 aromatic carbocycles. The Kier molecular flexibility index (Phi) is 7.07. The summed E-state index contributed by atoms with van der Waals surface area (Å²) in [5.41, 5.74) is 3.11. The minimum Gasteiger partial charge on any atom is -0.338 e. The lowest BCUT2D eigenvalue weighted by Crippen LogP contribution is -2.43. The summed E-state index contributed by atoms with van der Waals surface area (Å²) in [5.74, 6) is 0.0997. The summed E-state index contributed by atoms with van der Waals surface area (Å²) >= 11 is 6.89. The second-order valence-electron chi connectivity index (χ2n) is 9.23. The number of thiocarbonyl (C=S) groups is 1. The lowest BCUT2D eigenvalue weighted by molar-refractivity contribution is -0.135. The third-order valence-corrected chi connectivity index (χ3v) is 8.25. The van der Waals surface area contributed by atoms with Gasteiger partial charge < -0.3 is 9.47 Å². The summed E-state index contributed by atoms with van der Waals surface area (Å²) in [6.07, 6.45) is 8.00. The summed E-state index contributed by atoms with van der Waals surface area (Å²) in [5, 5.41) is 1.03. The van der Waals surface area contributed by atoms with E-state index in [0.717, 1.165) is 42.3 Å². The number of fused-ring (bicyclic) bond motifs is 1. The predicted octanol–water partition coefficient (Wildman–Crippen LogP) is 5.49. The minimum absolute atomic E-state index is 0.0500. The van der Waals surface area contributed by atoms with Gasteiger partial charge in [-0.25, -0.2) is 0 Å². The molecule has 2 aliphatic rings. The molecule has 0 aliphatic carbocycles. The van der Waals surface area contributed by atoms with Crippen molar-refractivity contribution in [2.75, 3.05) is 13.1 Å². The maximum atomic E-state index is 13.2. The fraction of sp³-hybridized carbons (Fsp3) is 0.321. The lowest BCUT2D eigenvalue weighted by atomic mass is 10.0. The quantitative estimate of drug-likeness (QED) is 0.330. The molecule has 2 fully saturated rings. The number of aromatic nitrogens is 1. The van der Waals surface area contributed by atoms with Gasteiger partial charge in [0.15, 0.2) is 0 Å². The number of hydrogen-bond acceptors (Lipinski definition) is 4. The first-order chi connectivity index (χ1) is 17.0. The van der Waals surface area contributed by atoms with Gasteiger partial charge >= 0.3 is 0 Å². The zero-order valence-electron chi connectivity index (χ0n) is 19.9. The molecule has 0 unspecified atom stereocenters. The smallest absolute Gasteiger partial charge is 0.266 e. The van der Waals surface area contributed by atoms with E-state index in [1.807, 2.05) is 64.2 Å².